The van der Waals surface area contributed by atoms with Gasteiger partial charge in [-0.2, -0.15) is 0 Å². The SMILES string of the molecule is Cc1c(O)ccc2c(CC(=O)NCCCC(=O)O)cc(=O)oc12. The molecule has 2 rings (SSSR count). The van der Waals surface area contributed by atoms with Gasteiger partial charge in [-0.25, -0.2) is 4.79 Å². The summed E-state index contributed by atoms with van der Waals surface area (Å²) in [6, 6.07) is 4.31. The molecule has 0 atom stereocenters. The average molecular weight is 319 g/mol. The van der Waals surface area contributed by atoms with E-state index < -0.39 is 11.6 Å². The highest BCUT2D eigenvalue weighted by molar-refractivity contribution is 5.89. The molecule has 0 unspecified atom stereocenters. The van der Waals surface area contributed by atoms with Crippen molar-refractivity contribution in [1.29, 1.82) is 0 Å². The van der Waals surface area contributed by atoms with Crippen LogP contribution < -0.4 is 10.9 Å². The summed E-state index contributed by atoms with van der Waals surface area (Å²) in [6.45, 7) is 1.88. The quantitative estimate of drug-likeness (QED) is 0.546. The van der Waals surface area contributed by atoms with E-state index in [0.717, 1.165) is 0 Å². The zero-order valence-corrected chi connectivity index (χ0v) is 12.6. The van der Waals surface area contributed by atoms with Crippen LogP contribution in [-0.2, 0) is 16.0 Å². The van der Waals surface area contributed by atoms with Crippen molar-refractivity contribution in [3.63, 3.8) is 0 Å². The largest absolute Gasteiger partial charge is 0.508 e. The Labute approximate surface area is 131 Å². The third kappa shape index (κ3) is 4.09. The Balaban J connectivity index is 2.17. The van der Waals surface area contributed by atoms with E-state index in [1.807, 2.05) is 0 Å². The number of amides is 1. The van der Waals surface area contributed by atoms with E-state index >= 15 is 0 Å². The monoisotopic (exact) mass is 319 g/mol. The second-order valence-electron chi connectivity index (χ2n) is 5.20. The van der Waals surface area contributed by atoms with E-state index in [-0.39, 0.29) is 36.6 Å². The predicted molar refractivity (Wildman–Crippen MR) is 82.5 cm³/mol. The zero-order chi connectivity index (χ0) is 17.0. The number of hydrogen-bond donors (Lipinski definition) is 3. The zero-order valence-electron chi connectivity index (χ0n) is 12.6. The van der Waals surface area contributed by atoms with Gasteiger partial charge in [-0.3, -0.25) is 9.59 Å². The molecule has 0 saturated carbocycles. The first-order valence-corrected chi connectivity index (χ1v) is 7.12. The van der Waals surface area contributed by atoms with Gasteiger partial charge in [-0.05, 0) is 31.0 Å². The van der Waals surface area contributed by atoms with E-state index in [1.54, 1.807) is 13.0 Å². The van der Waals surface area contributed by atoms with Crippen molar-refractivity contribution in [2.45, 2.75) is 26.2 Å². The molecule has 122 valence electrons. The van der Waals surface area contributed by atoms with Crippen molar-refractivity contribution in [3.8, 4) is 5.75 Å². The number of aryl methyl sites for hydroxylation is 1. The molecule has 1 aromatic heterocycles. The molecule has 0 saturated heterocycles. The number of nitrogens with one attached hydrogen (secondary N) is 1. The summed E-state index contributed by atoms with van der Waals surface area (Å²) >= 11 is 0. The first-order chi connectivity index (χ1) is 10.9. The summed E-state index contributed by atoms with van der Waals surface area (Å²) in [5.41, 5.74) is 0.587. The molecule has 2 aromatic rings. The summed E-state index contributed by atoms with van der Waals surface area (Å²) in [5, 5.41) is 21.4. The highest BCUT2D eigenvalue weighted by Gasteiger charge is 2.13. The molecule has 0 aliphatic heterocycles. The Morgan fingerprint density at radius 1 is 1.30 bits per heavy atom. The highest BCUT2D eigenvalue weighted by atomic mass is 16.4. The minimum atomic E-state index is -0.916. The van der Waals surface area contributed by atoms with Gasteiger partial charge in [-0.15, -0.1) is 0 Å². The number of carbonyl (C=O) groups excluding carboxylic acids is 1. The van der Waals surface area contributed by atoms with Gasteiger partial charge in [0, 0.05) is 30.0 Å². The van der Waals surface area contributed by atoms with Crippen LogP contribution in [0.25, 0.3) is 11.0 Å². The molecule has 0 bridgehead atoms. The number of benzene rings is 1. The van der Waals surface area contributed by atoms with Crippen molar-refractivity contribution < 1.29 is 24.2 Å². The van der Waals surface area contributed by atoms with Gasteiger partial charge in [0.15, 0.2) is 0 Å². The van der Waals surface area contributed by atoms with Crippen molar-refractivity contribution in [3.05, 3.63) is 39.7 Å². The third-order valence-corrected chi connectivity index (χ3v) is 3.46. The standard InChI is InChI=1S/C16H17NO6/c1-9-12(18)5-4-11-10(8-15(22)23-16(9)11)7-13(19)17-6-2-3-14(20)21/h4-5,8,18H,2-3,6-7H2,1H3,(H,17,19)(H,20,21). The fourth-order valence-electron chi connectivity index (χ4n) is 2.26. The Kier molecular flexibility index (Phi) is 5.00. The van der Waals surface area contributed by atoms with Crippen molar-refractivity contribution >= 4 is 22.8 Å². The number of phenolic OH excluding ortho intramolecular Hbond substituents is 1. The van der Waals surface area contributed by atoms with E-state index in [4.69, 9.17) is 9.52 Å². The van der Waals surface area contributed by atoms with Crippen LogP contribution in [0.15, 0.2) is 27.4 Å². The number of rotatable bonds is 6. The minimum Gasteiger partial charge on any atom is -0.508 e. The first kappa shape index (κ1) is 16.5. The molecular weight excluding hydrogens is 302 g/mol. The molecule has 0 radical (unpaired) electrons. The second-order valence-corrected chi connectivity index (χ2v) is 5.20. The second kappa shape index (κ2) is 6.95. The lowest BCUT2D eigenvalue weighted by Crippen LogP contribution is -2.26. The molecule has 7 nitrogen and oxygen atoms in total. The fourth-order valence-corrected chi connectivity index (χ4v) is 2.26. The van der Waals surface area contributed by atoms with Crippen LogP contribution in [0.4, 0.5) is 0 Å². The van der Waals surface area contributed by atoms with E-state index in [0.29, 0.717) is 22.9 Å². The summed E-state index contributed by atoms with van der Waals surface area (Å²) in [4.78, 5) is 34.0. The van der Waals surface area contributed by atoms with Gasteiger partial charge >= 0.3 is 11.6 Å². The molecule has 3 N–H and O–H groups in total. The van der Waals surface area contributed by atoms with Crippen LogP contribution in [0.5, 0.6) is 5.75 Å². The Morgan fingerprint density at radius 2 is 2.04 bits per heavy atom. The number of hydrogen-bond acceptors (Lipinski definition) is 5. The predicted octanol–water partition coefficient (Wildman–Crippen LogP) is 1.33. The summed E-state index contributed by atoms with van der Waals surface area (Å²) in [5.74, 6) is -1.22. The maximum absolute atomic E-state index is 11.9. The van der Waals surface area contributed by atoms with Gasteiger partial charge in [0.1, 0.15) is 11.3 Å². The van der Waals surface area contributed by atoms with Gasteiger partial charge in [0.05, 0.1) is 6.42 Å². The molecule has 1 aromatic carbocycles. The van der Waals surface area contributed by atoms with Crippen LogP contribution in [-0.4, -0.2) is 28.6 Å². The number of carbonyl (C=O) groups is 2. The van der Waals surface area contributed by atoms with Crippen LogP contribution >= 0.6 is 0 Å². The van der Waals surface area contributed by atoms with Crippen LogP contribution in [0.3, 0.4) is 0 Å². The Bertz CT molecular complexity index is 808. The lowest BCUT2D eigenvalue weighted by atomic mass is 10.0. The highest BCUT2D eigenvalue weighted by Crippen LogP contribution is 2.27. The minimum absolute atomic E-state index is 0.0101. The average Bonchev–Trinajstić information content (AvgIpc) is 2.47. The summed E-state index contributed by atoms with van der Waals surface area (Å²) in [6.07, 6.45) is 0.293. The van der Waals surface area contributed by atoms with E-state index in [1.165, 1.54) is 12.1 Å². The molecule has 1 heterocycles. The lowest BCUT2D eigenvalue weighted by Gasteiger charge is -2.08. The van der Waals surface area contributed by atoms with Gasteiger partial charge in [0.2, 0.25) is 5.91 Å². The normalized spacial score (nSPS) is 10.7. The number of aliphatic carboxylic acids is 1. The number of phenols is 1. The fraction of sp³-hybridized carbons (Fsp3) is 0.312. The molecule has 23 heavy (non-hydrogen) atoms. The Hall–Kier alpha value is -2.83. The van der Waals surface area contributed by atoms with Crippen LogP contribution in [0.2, 0.25) is 0 Å². The first-order valence-electron chi connectivity index (χ1n) is 7.12. The van der Waals surface area contributed by atoms with Crippen LogP contribution in [0.1, 0.15) is 24.0 Å². The molecular formula is C16H17NO6. The summed E-state index contributed by atoms with van der Waals surface area (Å²) in [7, 11) is 0. The van der Waals surface area contributed by atoms with Crippen molar-refractivity contribution in [1.82, 2.24) is 5.32 Å². The number of aromatic hydroxyl groups is 1. The smallest absolute Gasteiger partial charge is 0.336 e. The Morgan fingerprint density at radius 3 is 2.74 bits per heavy atom. The molecule has 0 aliphatic carbocycles. The molecule has 0 aliphatic rings. The van der Waals surface area contributed by atoms with Crippen molar-refractivity contribution in [2.75, 3.05) is 6.54 Å². The maximum Gasteiger partial charge on any atom is 0.336 e. The number of fused-ring (bicyclic) bond motifs is 1. The van der Waals surface area contributed by atoms with Crippen LogP contribution in [0, 0.1) is 6.92 Å². The number of carboxylic acids is 1. The molecule has 0 spiro atoms. The lowest BCUT2D eigenvalue weighted by molar-refractivity contribution is -0.137. The van der Waals surface area contributed by atoms with E-state index in [2.05, 4.69) is 5.32 Å². The molecule has 1 amide bonds. The third-order valence-electron chi connectivity index (χ3n) is 3.46. The topological polar surface area (TPSA) is 117 Å². The van der Waals surface area contributed by atoms with Gasteiger partial charge in [-0.1, -0.05) is 0 Å². The van der Waals surface area contributed by atoms with Gasteiger partial charge in [0.25, 0.3) is 0 Å². The van der Waals surface area contributed by atoms with E-state index in [9.17, 15) is 19.5 Å². The maximum atomic E-state index is 11.9. The van der Waals surface area contributed by atoms with Gasteiger partial charge < -0.3 is 19.9 Å². The molecule has 0 fully saturated rings. The summed E-state index contributed by atoms with van der Waals surface area (Å²) < 4.78 is 5.11. The number of carboxylic acid groups (broad SMARTS) is 1. The molecule has 7 heteroatoms. The van der Waals surface area contributed by atoms with Crippen molar-refractivity contribution in [2.24, 2.45) is 0 Å².